The van der Waals surface area contributed by atoms with Gasteiger partial charge in [0.15, 0.2) is 0 Å². The van der Waals surface area contributed by atoms with Gasteiger partial charge in [0, 0.05) is 28.5 Å². The topological polar surface area (TPSA) is 98.0 Å². The molecule has 7 nitrogen and oxygen atoms in total. The monoisotopic (exact) mass is 374 g/mol. The number of fused-ring (bicyclic) bond motifs is 1. The van der Waals surface area contributed by atoms with Crippen LogP contribution in [0.2, 0.25) is 0 Å². The summed E-state index contributed by atoms with van der Waals surface area (Å²) < 4.78 is 0. The number of carbonyl (C=O) groups is 1. The molecule has 1 heterocycles. The highest BCUT2D eigenvalue weighted by Crippen LogP contribution is 2.31. The zero-order valence-corrected chi connectivity index (χ0v) is 15.1. The van der Waals surface area contributed by atoms with Gasteiger partial charge in [0.05, 0.1) is 10.6 Å². The van der Waals surface area contributed by atoms with Gasteiger partial charge in [-0.15, -0.1) is 0 Å². The Morgan fingerprint density at radius 1 is 1.00 bits per heavy atom. The number of aromatic nitrogens is 2. The Bertz CT molecular complexity index is 1070. The molecule has 0 saturated heterocycles. The van der Waals surface area contributed by atoms with Crippen molar-refractivity contribution in [1.29, 1.82) is 0 Å². The average molecular weight is 374 g/mol. The number of aryl methyl sites for hydroxylation is 1. The molecule has 3 aromatic rings. The van der Waals surface area contributed by atoms with E-state index in [2.05, 4.69) is 15.3 Å². The van der Waals surface area contributed by atoms with Crippen LogP contribution >= 0.6 is 0 Å². The molecule has 1 N–H and O–H groups in total. The summed E-state index contributed by atoms with van der Waals surface area (Å²) in [6, 6.07) is 13.3. The summed E-state index contributed by atoms with van der Waals surface area (Å²) in [5.41, 5.74) is 4.03. The van der Waals surface area contributed by atoms with E-state index in [1.807, 2.05) is 12.1 Å². The van der Waals surface area contributed by atoms with Gasteiger partial charge < -0.3 is 5.32 Å². The van der Waals surface area contributed by atoms with E-state index in [4.69, 9.17) is 0 Å². The highest BCUT2D eigenvalue weighted by molar-refractivity contribution is 6.09. The standard InChI is InChI=1S/C21H18N4O3/c26-21(24-18-11-5-6-12-19(18)25(27)28)15-8-2-1-7-14(15)20-16-9-3-4-10-17(16)22-13-23-20/h1-2,5-8,11-13H,3-4,9-10H2,(H,24,26). The van der Waals surface area contributed by atoms with E-state index in [9.17, 15) is 14.9 Å². The van der Waals surface area contributed by atoms with Crippen molar-refractivity contribution in [1.82, 2.24) is 9.97 Å². The predicted octanol–water partition coefficient (Wildman–Crippen LogP) is 4.18. The first-order valence-electron chi connectivity index (χ1n) is 9.12. The molecule has 1 amide bonds. The molecule has 0 bridgehead atoms. The van der Waals surface area contributed by atoms with Gasteiger partial charge in [0.1, 0.15) is 12.0 Å². The van der Waals surface area contributed by atoms with Gasteiger partial charge in [-0.25, -0.2) is 9.97 Å². The van der Waals surface area contributed by atoms with Gasteiger partial charge in [0.25, 0.3) is 11.6 Å². The van der Waals surface area contributed by atoms with E-state index < -0.39 is 10.8 Å². The van der Waals surface area contributed by atoms with Crippen molar-refractivity contribution in [2.24, 2.45) is 0 Å². The first-order chi connectivity index (χ1) is 13.6. The lowest BCUT2D eigenvalue weighted by Gasteiger charge is -2.18. The summed E-state index contributed by atoms with van der Waals surface area (Å²) in [5.74, 6) is -0.409. The van der Waals surface area contributed by atoms with Crippen molar-refractivity contribution in [3.8, 4) is 11.3 Å². The average Bonchev–Trinajstić information content (AvgIpc) is 2.73. The maximum atomic E-state index is 13.0. The van der Waals surface area contributed by atoms with Crippen molar-refractivity contribution in [2.75, 3.05) is 5.32 Å². The van der Waals surface area contributed by atoms with Gasteiger partial charge in [-0.05, 0) is 37.8 Å². The number of anilines is 1. The second-order valence-electron chi connectivity index (χ2n) is 6.63. The number of nitrogens with one attached hydrogen (secondary N) is 1. The molecule has 0 saturated carbocycles. The fourth-order valence-corrected chi connectivity index (χ4v) is 3.57. The molecule has 140 valence electrons. The Balaban J connectivity index is 1.74. The Hall–Kier alpha value is -3.61. The first-order valence-corrected chi connectivity index (χ1v) is 9.12. The highest BCUT2D eigenvalue weighted by Gasteiger charge is 2.22. The van der Waals surface area contributed by atoms with E-state index in [0.29, 0.717) is 11.1 Å². The quantitative estimate of drug-likeness (QED) is 0.545. The van der Waals surface area contributed by atoms with Gasteiger partial charge in [-0.1, -0.05) is 30.3 Å². The molecule has 7 heteroatoms. The third kappa shape index (κ3) is 3.34. The Morgan fingerprint density at radius 3 is 2.61 bits per heavy atom. The van der Waals surface area contributed by atoms with Crippen LogP contribution < -0.4 is 5.32 Å². The number of nitro groups is 1. The van der Waals surface area contributed by atoms with E-state index >= 15 is 0 Å². The summed E-state index contributed by atoms with van der Waals surface area (Å²) in [6.07, 6.45) is 5.50. The SMILES string of the molecule is O=C(Nc1ccccc1[N+](=O)[O-])c1ccccc1-c1ncnc2c1CCCC2. The van der Waals surface area contributed by atoms with Gasteiger partial charge in [0.2, 0.25) is 0 Å². The molecule has 4 rings (SSSR count). The molecule has 0 atom stereocenters. The molecule has 1 aliphatic rings. The van der Waals surface area contributed by atoms with Crippen LogP contribution in [0.3, 0.4) is 0 Å². The molecule has 0 radical (unpaired) electrons. The molecule has 1 aliphatic carbocycles. The van der Waals surface area contributed by atoms with E-state index in [-0.39, 0.29) is 11.4 Å². The smallest absolute Gasteiger partial charge is 0.292 e. The minimum atomic E-state index is -0.512. The van der Waals surface area contributed by atoms with Crippen LogP contribution in [-0.2, 0) is 12.8 Å². The third-order valence-electron chi connectivity index (χ3n) is 4.90. The summed E-state index contributed by atoms with van der Waals surface area (Å²) >= 11 is 0. The second-order valence-corrected chi connectivity index (χ2v) is 6.63. The molecular weight excluding hydrogens is 356 g/mol. The van der Waals surface area contributed by atoms with Gasteiger partial charge >= 0.3 is 0 Å². The largest absolute Gasteiger partial charge is 0.316 e. The van der Waals surface area contributed by atoms with Crippen LogP contribution in [0.1, 0.15) is 34.5 Å². The lowest BCUT2D eigenvalue weighted by Crippen LogP contribution is -2.15. The molecule has 0 fully saturated rings. The van der Waals surface area contributed by atoms with E-state index in [0.717, 1.165) is 42.6 Å². The second kappa shape index (κ2) is 7.56. The van der Waals surface area contributed by atoms with E-state index in [1.165, 1.54) is 18.5 Å². The minimum Gasteiger partial charge on any atom is -0.316 e. The molecule has 28 heavy (non-hydrogen) atoms. The van der Waals surface area contributed by atoms with Crippen molar-refractivity contribution in [3.63, 3.8) is 0 Å². The zero-order chi connectivity index (χ0) is 19.5. The lowest BCUT2D eigenvalue weighted by atomic mass is 9.91. The van der Waals surface area contributed by atoms with Crippen LogP contribution in [0.25, 0.3) is 11.3 Å². The zero-order valence-electron chi connectivity index (χ0n) is 15.1. The van der Waals surface area contributed by atoms with Gasteiger partial charge in [-0.3, -0.25) is 14.9 Å². The summed E-state index contributed by atoms with van der Waals surface area (Å²) in [4.78, 5) is 32.5. The number of hydrogen-bond donors (Lipinski definition) is 1. The number of benzene rings is 2. The third-order valence-corrected chi connectivity index (χ3v) is 4.90. The molecular formula is C21H18N4O3. The molecule has 1 aromatic heterocycles. The summed E-state index contributed by atoms with van der Waals surface area (Å²) in [7, 11) is 0. The Kier molecular flexibility index (Phi) is 4.80. The van der Waals surface area contributed by atoms with Gasteiger partial charge in [-0.2, -0.15) is 0 Å². The van der Waals surface area contributed by atoms with Crippen LogP contribution in [0, 0.1) is 10.1 Å². The fourth-order valence-electron chi connectivity index (χ4n) is 3.57. The number of hydrogen-bond acceptors (Lipinski definition) is 5. The van der Waals surface area contributed by atoms with Crippen LogP contribution in [0.5, 0.6) is 0 Å². The van der Waals surface area contributed by atoms with Crippen molar-refractivity contribution in [3.05, 3.63) is 81.8 Å². The lowest BCUT2D eigenvalue weighted by molar-refractivity contribution is -0.383. The van der Waals surface area contributed by atoms with E-state index in [1.54, 1.807) is 24.3 Å². The van der Waals surface area contributed by atoms with Crippen molar-refractivity contribution < 1.29 is 9.72 Å². The first kappa shape index (κ1) is 17.8. The van der Waals surface area contributed by atoms with Crippen LogP contribution in [-0.4, -0.2) is 20.8 Å². The van der Waals surface area contributed by atoms with Crippen LogP contribution in [0.15, 0.2) is 54.9 Å². The van der Waals surface area contributed by atoms with Crippen molar-refractivity contribution >= 4 is 17.3 Å². The molecule has 0 aliphatic heterocycles. The molecule has 2 aromatic carbocycles. The van der Waals surface area contributed by atoms with Crippen molar-refractivity contribution in [2.45, 2.75) is 25.7 Å². The Labute approximate surface area is 161 Å². The number of rotatable bonds is 4. The summed E-state index contributed by atoms with van der Waals surface area (Å²) in [5, 5.41) is 13.9. The number of amides is 1. The number of carbonyl (C=O) groups excluding carboxylic acids is 1. The number of nitro benzene ring substituents is 1. The normalized spacial score (nSPS) is 12.9. The predicted molar refractivity (Wildman–Crippen MR) is 105 cm³/mol. The van der Waals surface area contributed by atoms with Crippen LogP contribution in [0.4, 0.5) is 11.4 Å². The number of para-hydroxylation sites is 2. The molecule has 0 unspecified atom stereocenters. The number of nitrogens with zero attached hydrogens (tertiary/aromatic N) is 3. The summed E-state index contributed by atoms with van der Waals surface area (Å²) in [6.45, 7) is 0. The minimum absolute atomic E-state index is 0.146. The fraction of sp³-hybridized carbons (Fsp3) is 0.190. The highest BCUT2D eigenvalue weighted by atomic mass is 16.6. The Morgan fingerprint density at radius 2 is 1.75 bits per heavy atom. The maximum absolute atomic E-state index is 13.0. The molecule has 0 spiro atoms. The maximum Gasteiger partial charge on any atom is 0.292 e.